The fourth-order valence-electron chi connectivity index (χ4n) is 0. The number of rotatable bonds is 1. The summed E-state index contributed by atoms with van der Waals surface area (Å²) in [5.41, 5.74) is 0. The molecule has 0 bridgehead atoms. The summed E-state index contributed by atoms with van der Waals surface area (Å²) in [4.78, 5) is 0. The summed E-state index contributed by atoms with van der Waals surface area (Å²) < 4.78 is 0. The van der Waals surface area contributed by atoms with E-state index in [1.165, 1.54) is 31.7 Å². The van der Waals surface area contributed by atoms with Crippen LogP contribution in [-0.2, 0) is 0 Å². The van der Waals surface area contributed by atoms with E-state index in [0.29, 0.717) is 0 Å². The van der Waals surface area contributed by atoms with Crippen LogP contribution in [0.3, 0.4) is 0 Å². The zero-order chi connectivity index (χ0) is 4.28. The fraction of sp³-hybridized carbons (Fsp3) is 0.333. The lowest BCUT2D eigenvalue weighted by Gasteiger charge is -1.79. The lowest BCUT2D eigenvalue weighted by atomic mass is 10.7. The molecule has 0 unspecified atom stereocenters. The van der Waals surface area contributed by atoms with Gasteiger partial charge in [-0.2, -0.15) is 0 Å². The average molecular weight is 102 g/mol. The second-order valence-electron chi connectivity index (χ2n) is 1.31. The predicted molar refractivity (Wildman–Crippen MR) is 33.8 cm³/mol. The van der Waals surface area contributed by atoms with Crippen LogP contribution in [-0.4, -0.2) is 20.5 Å². The maximum Gasteiger partial charge on any atom is 0.0321 e. The second kappa shape index (κ2) is 2.41. The number of hydrogen-bond donors (Lipinski definition) is 0. The summed E-state index contributed by atoms with van der Waals surface area (Å²) in [6.07, 6.45) is 0. The first-order valence-corrected chi connectivity index (χ1v) is 4.33. The van der Waals surface area contributed by atoms with E-state index in [9.17, 15) is 0 Å². The highest BCUT2D eigenvalue weighted by atomic mass is 28.2. The average Bonchev–Trinajstić information content (AvgIpc) is 1.38. The van der Waals surface area contributed by atoms with Crippen LogP contribution in [0, 0.1) is 0 Å². The first-order valence-electron chi connectivity index (χ1n) is 1.91. The molecule has 0 rings (SSSR count). The summed E-state index contributed by atoms with van der Waals surface area (Å²) in [5.74, 6) is 0. The SMILES string of the molecule is C=C([SiH3])C[SiH3]. The quantitative estimate of drug-likeness (QED) is 0.359. The predicted octanol–water partition coefficient (Wildman–Crippen LogP) is -1.35. The molecular weight excluding hydrogens is 92.2 g/mol. The monoisotopic (exact) mass is 102 g/mol. The Morgan fingerprint density at radius 1 is 1.80 bits per heavy atom. The van der Waals surface area contributed by atoms with Crippen molar-refractivity contribution in [1.29, 1.82) is 0 Å². The molecule has 0 fully saturated rings. The molecule has 0 heterocycles. The summed E-state index contributed by atoms with van der Waals surface area (Å²) >= 11 is 0. The van der Waals surface area contributed by atoms with E-state index in [0.717, 1.165) is 0 Å². The summed E-state index contributed by atoms with van der Waals surface area (Å²) in [7, 11) is 2.52. The maximum absolute atomic E-state index is 3.77. The molecule has 0 radical (unpaired) electrons. The van der Waals surface area contributed by atoms with Crippen LogP contribution >= 0.6 is 0 Å². The number of allylic oxidation sites excluding steroid dienone is 1. The van der Waals surface area contributed by atoms with Gasteiger partial charge in [-0.15, -0.1) is 11.8 Å². The second-order valence-corrected chi connectivity index (χ2v) is 3.43. The highest BCUT2D eigenvalue weighted by molar-refractivity contribution is 6.27. The number of hydrogen-bond acceptors (Lipinski definition) is 0. The molecule has 0 aliphatic rings. The van der Waals surface area contributed by atoms with Gasteiger partial charge in [0, 0.05) is 20.5 Å². The van der Waals surface area contributed by atoms with Crippen molar-refractivity contribution in [2.24, 2.45) is 0 Å². The summed E-state index contributed by atoms with van der Waals surface area (Å²) in [5, 5.41) is 1.46. The van der Waals surface area contributed by atoms with E-state index >= 15 is 0 Å². The third-order valence-electron chi connectivity index (χ3n) is 0.604. The van der Waals surface area contributed by atoms with Crippen molar-refractivity contribution >= 4 is 20.5 Å². The normalized spacial score (nSPS) is 8.80. The third-order valence-corrected chi connectivity index (χ3v) is 3.93. The first kappa shape index (κ1) is 5.17. The highest BCUT2D eigenvalue weighted by Gasteiger charge is 1.68. The molecule has 0 amide bonds. The van der Waals surface area contributed by atoms with Crippen molar-refractivity contribution in [3.63, 3.8) is 0 Å². The molecule has 0 aromatic carbocycles. The smallest absolute Gasteiger partial charge is 0.0321 e. The van der Waals surface area contributed by atoms with E-state index in [-0.39, 0.29) is 0 Å². The van der Waals surface area contributed by atoms with Crippen molar-refractivity contribution in [3.05, 3.63) is 11.8 Å². The van der Waals surface area contributed by atoms with E-state index < -0.39 is 0 Å². The molecule has 0 atom stereocenters. The zero-order valence-electron chi connectivity index (χ0n) is 3.91. The molecule has 0 aromatic heterocycles. The van der Waals surface area contributed by atoms with Gasteiger partial charge in [0.1, 0.15) is 0 Å². The Labute approximate surface area is 39.1 Å². The largest absolute Gasteiger partial charge is 0.105 e. The molecule has 5 heavy (non-hydrogen) atoms. The maximum atomic E-state index is 3.77. The summed E-state index contributed by atoms with van der Waals surface area (Å²) in [6, 6.07) is 1.31. The Morgan fingerprint density at radius 3 is 2.00 bits per heavy atom. The molecular formula is C3H10Si2. The molecule has 0 aliphatic carbocycles. The molecule has 30 valence electrons. The highest BCUT2D eigenvalue weighted by Crippen LogP contribution is 1.80. The molecule has 0 aliphatic heterocycles. The van der Waals surface area contributed by atoms with Crippen LogP contribution in [0.1, 0.15) is 0 Å². The van der Waals surface area contributed by atoms with Gasteiger partial charge in [-0.3, -0.25) is 0 Å². The lowest BCUT2D eigenvalue weighted by Crippen LogP contribution is -1.71. The van der Waals surface area contributed by atoms with Gasteiger partial charge in [-0.1, -0.05) is 6.04 Å². The fourth-order valence-corrected chi connectivity index (χ4v) is 0. The van der Waals surface area contributed by atoms with Crippen LogP contribution in [0.2, 0.25) is 6.04 Å². The van der Waals surface area contributed by atoms with Crippen molar-refractivity contribution in [3.8, 4) is 0 Å². The molecule has 0 saturated carbocycles. The van der Waals surface area contributed by atoms with E-state index in [1.807, 2.05) is 0 Å². The van der Waals surface area contributed by atoms with Gasteiger partial charge in [0.05, 0.1) is 0 Å². The van der Waals surface area contributed by atoms with Gasteiger partial charge in [0.25, 0.3) is 0 Å². The molecule has 0 spiro atoms. The Kier molecular flexibility index (Phi) is 2.50. The van der Waals surface area contributed by atoms with Crippen LogP contribution in [0.4, 0.5) is 0 Å². The molecule has 2 heteroatoms. The molecule has 0 aromatic rings. The Balaban J connectivity index is 2.85. The zero-order valence-corrected chi connectivity index (χ0v) is 7.91. The third kappa shape index (κ3) is 4.17. The minimum Gasteiger partial charge on any atom is -0.105 e. The molecule has 0 nitrogen and oxygen atoms in total. The van der Waals surface area contributed by atoms with E-state index in [4.69, 9.17) is 0 Å². The van der Waals surface area contributed by atoms with Crippen molar-refractivity contribution in [1.82, 2.24) is 0 Å². The van der Waals surface area contributed by atoms with Crippen LogP contribution in [0.5, 0.6) is 0 Å². The molecule has 0 saturated heterocycles. The Hall–Kier alpha value is 0.174. The van der Waals surface area contributed by atoms with Gasteiger partial charge in [0.2, 0.25) is 0 Å². The summed E-state index contributed by atoms with van der Waals surface area (Å²) in [6.45, 7) is 3.77. The van der Waals surface area contributed by atoms with Crippen LogP contribution in [0.15, 0.2) is 11.8 Å². The van der Waals surface area contributed by atoms with Gasteiger partial charge in [-0.05, 0) is 0 Å². The lowest BCUT2D eigenvalue weighted by molar-refractivity contribution is 1.68. The van der Waals surface area contributed by atoms with Crippen LogP contribution < -0.4 is 0 Å². The van der Waals surface area contributed by atoms with Gasteiger partial charge in [0.15, 0.2) is 0 Å². The minimum atomic E-state index is 1.21. The first-order chi connectivity index (χ1) is 2.27. The Morgan fingerprint density at radius 2 is 2.00 bits per heavy atom. The van der Waals surface area contributed by atoms with Crippen molar-refractivity contribution in [2.75, 3.05) is 0 Å². The van der Waals surface area contributed by atoms with E-state index in [2.05, 4.69) is 6.58 Å². The van der Waals surface area contributed by atoms with Gasteiger partial charge >= 0.3 is 0 Å². The standard InChI is InChI=1S/C3H10Si2/c1-3(5)2-4/h1-2H2,4-5H3. The van der Waals surface area contributed by atoms with Gasteiger partial charge in [-0.25, -0.2) is 0 Å². The molecule has 0 N–H and O–H groups in total. The van der Waals surface area contributed by atoms with Crippen LogP contribution in [0.25, 0.3) is 0 Å². The van der Waals surface area contributed by atoms with Crippen molar-refractivity contribution < 1.29 is 0 Å². The Bertz CT molecular complexity index is 40.2. The van der Waals surface area contributed by atoms with E-state index in [1.54, 1.807) is 0 Å². The minimum absolute atomic E-state index is 1.21. The van der Waals surface area contributed by atoms with Gasteiger partial charge < -0.3 is 0 Å². The van der Waals surface area contributed by atoms with Crippen molar-refractivity contribution in [2.45, 2.75) is 6.04 Å². The topological polar surface area (TPSA) is 0 Å².